The molecule has 2 aromatic rings. The SMILES string of the molecule is CC1=C(CC(=O)OCCOCCOC(=O)CCCCC2CCSS2)c2cc(F)ccc2C1=Cc1ccc(S(C)=O)cc1. The largest absolute Gasteiger partial charge is 0.463 e. The minimum Gasteiger partial charge on any atom is -0.463 e. The number of hydrogen-bond acceptors (Lipinski definition) is 8. The van der Waals surface area contributed by atoms with E-state index in [1.807, 2.05) is 58.9 Å². The molecule has 10 heteroatoms. The third kappa shape index (κ3) is 9.56. The Labute approximate surface area is 257 Å². The molecule has 2 unspecified atom stereocenters. The summed E-state index contributed by atoms with van der Waals surface area (Å²) in [6, 6.07) is 12.0. The number of fused-ring (bicyclic) bond motifs is 1. The van der Waals surface area contributed by atoms with Gasteiger partial charge in [0, 0.05) is 39.4 Å². The molecule has 1 aliphatic carbocycles. The van der Waals surface area contributed by atoms with E-state index in [-0.39, 0.29) is 44.6 Å². The molecule has 0 radical (unpaired) electrons. The fraction of sp³-hybridized carbons (Fsp3) is 0.438. The maximum Gasteiger partial charge on any atom is 0.310 e. The van der Waals surface area contributed by atoms with Crippen LogP contribution >= 0.6 is 21.6 Å². The Balaban J connectivity index is 1.19. The number of esters is 2. The van der Waals surface area contributed by atoms with Gasteiger partial charge in [0.2, 0.25) is 0 Å². The molecule has 2 aliphatic rings. The van der Waals surface area contributed by atoms with Crippen molar-refractivity contribution in [1.82, 2.24) is 0 Å². The van der Waals surface area contributed by atoms with Crippen molar-refractivity contribution >= 4 is 61.5 Å². The summed E-state index contributed by atoms with van der Waals surface area (Å²) >= 11 is 0. The average Bonchev–Trinajstić information content (AvgIpc) is 3.58. The third-order valence-electron chi connectivity index (χ3n) is 7.16. The monoisotopic (exact) mass is 632 g/mol. The number of benzene rings is 2. The first-order valence-electron chi connectivity index (χ1n) is 14.1. The summed E-state index contributed by atoms with van der Waals surface area (Å²) in [7, 11) is 2.83. The van der Waals surface area contributed by atoms with Crippen LogP contribution in [0.5, 0.6) is 0 Å². The number of unbranched alkanes of at least 4 members (excludes halogenated alkanes) is 1. The molecule has 1 heterocycles. The van der Waals surface area contributed by atoms with Crippen LogP contribution < -0.4 is 0 Å². The molecular formula is C32H37FO6S3. The summed E-state index contributed by atoms with van der Waals surface area (Å²) in [4.78, 5) is 25.3. The third-order valence-corrected chi connectivity index (χ3v) is 11.1. The fourth-order valence-corrected chi connectivity index (χ4v) is 8.46. The number of allylic oxidation sites excluding steroid dienone is 2. The second-order valence-electron chi connectivity index (χ2n) is 10.2. The summed E-state index contributed by atoms with van der Waals surface area (Å²) in [5, 5.41) is 0.727. The molecule has 0 amide bonds. The van der Waals surface area contributed by atoms with Gasteiger partial charge in [0.1, 0.15) is 19.0 Å². The van der Waals surface area contributed by atoms with Crippen LogP contribution in [-0.2, 0) is 34.6 Å². The van der Waals surface area contributed by atoms with E-state index in [0.29, 0.717) is 12.0 Å². The summed E-state index contributed by atoms with van der Waals surface area (Å²) in [6.07, 6.45) is 8.35. The van der Waals surface area contributed by atoms with Crippen molar-refractivity contribution in [3.63, 3.8) is 0 Å². The first kappa shape index (κ1) is 32.5. The lowest BCUT2D eigenvalue weighted by Crippen LogP contribution is -2.14. The quantitative estimate of drug-likeness (QED) is 0.117. The van der Waals surface area contributed by atoms with Gasteiger partial charge >= 0.3 is 11.9 Å². The Morgan fingerprint density at radius 1 is 1.00 bits per heavy atom. The zero-order chi connectivity index (χ0) is 29.9. The minimum absolute atomic E-state index is 0.00324. The highest BCUT2D eigenvalue weighted by Crippen LogP contribution is 2.44. The van der Waals surface area contributed by atoms with Crippen LogP contribution in [0.3, 0.4) is 0 Å². The molecule has 0 bridgehead atoms. The molecule has 42 heavy (non-hydrogen) atoms. The Kier molecular flexibility index (Phi) is 12.7. The molecule has 1 saturated heterocycles. The lowest BCUT2D eigenvalue weighted by Gasteiger charge is -2.09. The van der Waals surface area contributed by atoms with Gasteiger partial charge in [-0.3, -0.25) is 13.8 Å². The Morgan fingerprint density at radius 3 is 2.43 bits per heavy atom. The lowest BCUT2D eigenvalue weighted by molar-refractivity contribution is -0.146. The van der Waals surface area contributed by atoms with Crippen molar-refractivity contribution in [2.45, 2.75) is 55.6 Å². The van der Waals surface area contributed by atoms with Crippen molar-refractivity contribution < 1.29 is 32.4 Å². The molecule has 0 aromatic heterocycles. The topological polar surface area (TPSA) is 78.9 Å². The van der Waals surface area contributed by atoms with Gasteiger partial charge in [-0.15, -0.1) is 0 Å². The smallest absolute Gasteiger partial charge is 0.310 e. The van der Waals surface area contributed by atoms with Crippen LogP contribution in [0.1, 0.15) is 62.1 Å². The van der Waals surface area contributed by atoms with Gasteiger partial charge in [0.15, 0.2) is 0 Å². The van der Waals surface area contributed by atoms with E-state index >= 15 is 0 Å². The fourth-order valence-electron chi connectivity index (χ4n) is 4.91. The van der Waals surface area contributed by atoms with Gasteiger partial charge in [-0.2, -0.15) is 0 Å². The Bertz CT molecular complexity index is 1330. The van der Waals surface area contributed by atoms with Crippen molar-refractivity contribution in [2.75, 3.05) is 38.4 Å². The second-order valence-corrected chi connectivity index (χ2v) is 14.3. The van der Waals surface area contributed by atoms with Crippen LogP contribution in [0, 0.1) is 5.82 Å². The number of carbonyl (C=O) groups excluding carboxylic acids is 2. The van der Waals surface area contributed by atoms with Gasteiger partial charge in [0.25, 0.3) is 0 Å². The van der Waals surface area contributed by atoms with E-state index < -0.39 is 16.8 Å². The molecule has 0 N–H and O–H groups in total. The van der Waals surface area contributed by atoms with Crippen LogP contribution in [0.15, 0.2) is 52.9 Å². The Morgan fingerprint density at radius 2 is 1.74 bits per heavy atom. The molecule has 2 aromatic carbocycles. The van der Waals surface area contributed by atoms with Crippen LogP contribution in [-0.4, -0.2) is 59.8 Å². The van der Waals surface area contributed by atoms with E-state index in [1.54, 1.807) is 12.3 Å². The summed E-state index contributed by atoms with van der Waals surface area (Å²) in [6.45, 7) is 2.58. The van der Waals surface area contributed by atoms with Crippen LogP contribution in [0.25, 0.3) is 17.2 Å². The highest BCUT2D eigenvalue weighted by molar-refractivity contribution is 8.77. The maximum absolute atomic E-state index is 14.2. The molecule has 1 aliphatic heterocycles. The predicted octanol–water partition coefficient (Wildman–Crippen LogP) is 7.10. The molecule has 4 rings (SSSR count). The van der Waals surface area contributed by atoms with Gasteiger partial charge in [-0.1, -0.05) is 46.2 Å². The van der Waals surface area contributed by atoms with E-state index in [1.165, 1.54) is 24.3 Å². The first-order valence-corrected chi connectivity index (χ1v) is 18.1. The van der Waals surface area contributed by atoms with Gasteiger partial charge in [-0.25, -0.2) is 4.39 Å². The summed E-state index contributed by atoms with van der Waals surface area (Å²) in [5.74, 6) is 0.211. The van der Waals surface area contributed by atoms with Gasteiger partial charge < -0.3 is 14.2 Å². The van der Waals surface area contributed by atoms with Crippen LogP contribution in [0.2, 0.25) is 0 Å². The molecule has 0 spiro atoms. The van der Waals surface area contributed by atoms with Crippen LogP contribution in [0.4, 0.5) is 4.39 Å². The minimum atomic E-state index is -1.06. The Hall–Kier alpha value is -2.40. The standard InChI is InChI=1S/C32H37FO6S3/c1-22-28(19-23-7-10-26(11-8-23)42(2)36)27-12-9-24(33)20-30(27)29(22)21-32(35)39-17-15-37-14-16-38-31(34)6-4-3-5-25-13-18-40-41-25/h7-12,19-20,25H,3-6,13-18,21H2,1-2H3. The van der Waals surface area contributed by atoms with E-state index in [4.69, 9.17) is 14.2 Å². The number of rotatable bonds is 15. The average molecular weight is 633 g/mol. The van der Waals surface area contributed by atoms with Crippen molar-refractivity contribution in [1.29, 1.82) is 0 Å². The maximum atomic E-state index is 14.2. The molecule has 1 fully saturated rings. The zero-order valence-electron chi connectivity index (χ0n) is 24.0. The predicted molar refractivity (Wildman–Crippen MR) is 170 cm³/mol. The highest BCUT2D eigenvalue weighted by atomic mass is 33.1. The van der Waals surface area contributed by atoms with E-state index in [9.17, 15) is 18.2 Å². The molecule has 226 valence electrons. The van der Waals surface area contributed by atoms with Gasteiger partial charge in [-0.05, 0) is 89.9 Å². The lowest BCUT2D eigenvalue weighted by atomic mass is 10.0. The number of halogens is 1. The molecule has 6 nitrogen and oxygen atoms in total. The van der Waals surface area contributed by atoms with E-state index in [0.717, 1.165) is 57.3 Å². The number of carbonyl (C=O) groups is 2. The molecular weight excluding hydrogens is 596 g/mol. The van der Waals surface area contributed by atoms with Crippen molar-refractivity contribution in [2.24, 2.45) is 0 Å². The first-order chi connectivity index (χ1) is 20.3. The molecule has 0 saturated carbocycles. The number of ether oxygens (including phenoxy) is 3. The zero-order valence-corrected chi connectivity index (χ0v) is 26.5. The van der Waals surface area contributed by atoms with E-state index in [2.05, 4.69) is 0 Å². The van der Waals surface area contributed by atoms with Crippen molar-refractivity contribution in [3.05, 3.63) is 70.5 Å². The van der Waals surface area contributed by atoms with Gasteiger partial charge in [0.05, 0.1) is 19.6 Å². The second kappa shape index (κ2) is 16.4. The highest BCUT2D eigenvalue weighted by Gasteiger charge is 2.26. The molecule has 2 atom stereocenters. The number of hydrogen-bond donors (Lipinski definition) is 0. The summed E-state index contributed by atoms with van der Waals surface area (Å²) in [5.41, 5.74) is 4.95. The normalized spacial score (nSPS) is 17.9. The van der Waals surface area contributed by atoms with Crippen molar-refractivity contribution in [3.8, 4) is 0 Å². The summed E-state index contributed by atoms with van der Waals surface area (Å²) < 4.78 is 41.9.